The van der Waals surface area contributed by atoms with Crippen molar-refractivity contribution >= 4 is 31.1 Å². The van der Waals surface area contributed by atoms with Crippen molar-refractivity contribution in [2.75, 3.05) is 0 Å². The van der Waals surface area contributed by atoms with Crippen molar-refractivity contribution in [2.45, 2.75) is 9.79 Å². The lowest BCUT2D eigenvalue weighted by molar-refractivity contribution is 0.583. The molecule has 0 fully saturated rings. The van der Waals surface area contributed by atoms with Gasteiger partial charge in [-0.25, -0.2) is 8.42 Å². The van der Waals surface area contributed by atoms with Gasteiger partial charge in [0.2, 0.25) is 5.62 Å². The summed E-state index contributed by atoms with van der Waals surface area (Å²) in [5.74, 6) is 0. The van der Waals surface area contributed by atoms with Crippen molar-refractivity contribution in [2.24, 2.45) is 11.4 Å². The van der Waals surface area contributed by atoms with Gasteiger partial charge in [0, 0.05) is 7.05 Å². The molecule has 148 valence electrons. The van der Waals surface area contributed by atoms with Gasteiger partial charge in [-0.2, -0.15) is 12.4 Å². The SMILES string of the molecule is Cn1c(=NS(=O)(=O)c2ccccc2)n(S(=O)(=O)c2ccccc2)c2ccccc21. The van der Waals surface area contributed by atoms with Crippen LogP contribution >= 0.6 is 0 Å². The molecule has 0 amide bonds. The minimum absolute atomic E-state index is 0.0195. The first-order chi connectivity index (χ1) is 13.8. The summed E-state index contributed by atoms with van der Waals surface area (Å²) in [5.41, 5.74) is 0.661. The molecule has 0 saturated carbocycles. The van der Waals surface area contributed by atoms with Crippen molar-refractivity contribution < 1.29 is 16.8 Å². The lowest BCUT2D eigenvalue weighted by Crippen LogP contribution is -2.31. The molecule has 29 heavy (non-hydrogen) atoms. The summed E-state index contributed by atoms with van der Waals surface area (Å²) in [7, 11) is -6.64. The number of aryl methyl sites for hydroxylation is 1. The largest absolute Gasteiger partial charge is 0.312 e. The second-order valence-corrected chi connectivity index (χ2v) is 9.70. The summed E-state index contributed by atoms with van der Waals surface area (Å²) in [5, 5.41) is 0. The van der Waals surface area contributed by atoms with E-state index in [0.717, 1.165) is 3.97 Å². The minimum atomic E-state index is -4.13. The summed E-state index contributed by atoms with van der Waals surface area (Å²) in [4.78, 5) is 0.0174. The molecule has 0 aliphatic rings. The number of rotatable bonds is 4. The van der Waals surface area contributed by atoms with Crippen molar-refractivity contribution in [1.29, 1.82) is 0 Å². The Kier molecular flexibility index (Phi) is 4.64. The zero-order valence-electron chi connectivity index (χ0n) is 15.4. The maximum atomic E-state index is 13.4. The van der Waals surface area contributed by atoms with E-state index in [9.17, 15) is 16.8 Å². The molecule has 0 saturated heterocycles. The Morgan fingerprint density at radius 1 is 0.655 bits per heavy atom. The fourth-order valence-electron chi connectivity index (χ4n) is 3.06. The van der Waals surface area contributed by atoms with Gasteiger partial charge in [-0.1, -0.05) is 48.5 Å². The van der Waals surface area contributed by atoms with Gasteiger partial charge in [0.15, 0.2) is 0 Å². The zero-order chi connectivity index (χ0) is 20.6. The van der Waals surface area contributed by atoms with Crippen LogP contribution in [0.4, 0.5) is 0 Å². The molecule has 9 heteroatoms. The van der Waals surface area contributed by atoms with E-state index in [1.54, 1.807) is 67.7 Å². The quantitative estimate of drug-likeness (QED) is 0.500. The Morgan fingerprint density at radius 3 is 1.72 bits per heavy atom. The first-order valence-electron chi connectivity index (χ1n) is 8.65. The highest BCUT2D eigenvalue weighted by Crippen LogP contribution is 2.20. The van der Waals surface area contributed by atoms with Crippen LogP contribution in [0.15, 0.2) is 99.1 Å². The zero-order valence-corrected chi connectivity index (χ0v) is 17.0. The highest BCUT2D eigenvalue weighted by atomic mass is 32.2. The van der Waals surface area contributed by atoms with Crippen molar-refractivity contribution in [3.63, 3.8) is 0 Å². The van der Waals surface area contributed by atoms with Gasteiger partial charge < -0.3 is 4.57 Å². The Morgan fingerprint density at radius 2 is 1.14 bits per heavy atom. The molecule has 0 radical (unpaired) electrons. The molecule has 7 nitrogen and oxygen atoms in total. The minimum Gasteiger partial charge on any atom is -0.312 e. The molecule has 0 atom stereocenters. The molecule has 1 aromatic heterocycles. The highest BCUT2D eigenvalue weighted by molar-refractivity contribution is 7.90. The molecule has 0 spiro atoms. The van der Waals surface area contributed by atoms with Crippen LogP contribution in [-0.4, -0.2) is 25.4 Å². The monoisotopic (exact) mass is 427 g/mol. The molecule has 0 aliphatic heterocycles. The Balaban J connectivity index is 2.12. The Labute approximate surface area is 168 Å². The van der Waals surface area contributed by atoms with Gasteiger partial charge in [-0.05, 0) is 36.4 Å². The second-order valence-electron chi connectivity index (χ2n) is 6.31. The van der Waals surface area contributed by atoms with E-state index in [0.29, 0.717) is 11.0 Å². The van der Waals surface area contributed by atoms with Gasteiger partial charge in [0.25, 0.3) is 20.0 Å². The molecule has 0 unspecified atom stereocenters. The van der Waals surface area contributed by atoms with Gasteiger partial charge >= 0.3 is 0 Å². The van der Waals surface area contributed by atoms with Crippen LogP contribution < -0.4 is 5.62 Å². The first kappa shape index (κ1) is 19.2. The van der Waals surface area contributed by atoms with E-state index in [4.69, 9.17) is 0 Å². The fourth-order valence-corrected chi connectivity index (χ4v) is 5.64. The normalized spacial score (nSPS) is 13.1. The van der Waals surface area contributed by atoms with Crippen LogP contribution in [0.1, 0.15) is 0 Å². The Hall–Kier alpha value is -3.17. The molecule has 0 N–H and O–H groups in total. The van der Waals surface area contributed by atoms with E-state index < -0.39 is 20.0 Å². The van der Waals surface area contributed by atoms with Crippen molar-refractivity contribution in [3.8, 4) is 0 Å². The number of imidazole rings is 1. The lowest BCUT2D eigenvalue weighted by Gasteiger charge is -2.07. The van der Waals surface area contributed by atoms with Gasteiger partial charge in [-0.15, -0.1) is 4.40 Å². The number of hydrogen-bond acceptors (Lipinski definition) is 4. The maximum absolute atomic E-state index is 13.4. The third-order valence-electron chi connectivity index (χ3n) is 4.47. The molecular formula is C20H17N3O4S2. The van der Waals surface area contributed by atoms with E-state index in [1.807, 2.05) is 0 Å². The smallest absolute Gasteiger partial charge is 0.285 e. The standard InChI is InChI=1S/C20H17N3O4S2/c1-22-18-14-8-9-15-19(18)23(29(26,27)17-12-6-3-7-13-17)20(22)21-28(24,25)16-10-4-2-5-11-16/h2-15H,1H3. The fraction of sp³-hybridized carbons (Fsp3) is 0.0500. The predicted octanol–water partition coefficient (Wildman–Crippen LogP) is 2.51. The van der Waals surface area contributed by atoms with Crippen molar-refractivity contribution in [3.05, 3.63) is 90.5 Å². The van der Waals surface area contributed by atoms with Crippen LogP contribution in [0.25, 0.3) is 11.0 Å². The average Bonchev–Trinajstić information content (AvgIpc) is 3.01. The summed E-state index contributed by atoms with van der Waals surface area (Å²) in [6.45, 7) is 0. The number of nitrogens with zero attached hydrogens (tertiary/aromatic N) is 3. The van der Waals surface area contributed by atoms with Crippen LogP contribution in [0.3, 0.4) is 0 Å². The van der Waals surface area contributed by atoms with Gasteiger partial charge in [0.1, 0.15) is 0 Å². The second kappa shape index (κ2) is 7.02. The topological polar surface area (TPSA) is 90.5 Å². The lowest BCUT2D eigenvalue weighted by atomic mass is 10.3. The molecule has 1 heterocycles. The highest BCUT2D eigenvalue weighted by Gasteiger charge is 2.24. The molecule has 0 aliphatic carbocycles. The van der Waals surface area contributed by atoms with Crippen LogP contribution in [0.5, 0.6) is 0 Å². The number of aromatic nitrogens is 2. The third kappa shape index (κ3) is 3.28. The summed E-state index contributed by atoms with van der Waals surface area (Å²) in [6, 6.07) is 22.3. The number of hydrogen-bond donors (Lipinski definition) is 0. The van der Waals surface area contributed by atoms with E-state index in [-0.39, 0.29) is 15.4 Å². The van der Waals surface area contributed by atoms with Crippen molar-refractivity contribution in [1.82, 2.24) is 8.54 Å². The molecule has 0 bridgehead atoms. The molecule has 4 rings (SSSR count). The van der Waals surface area contributed by atoms with Gasteiger partial charge in [-0.3, -0.25) is 0 Å². The molecular weight excluding hydrogens is 410 g/mol. The first-order valence-corrected chi connectivity index (χ1v) is 11.5. The Bertz CT molecular complexity index is 1470. The van der Waals surface area contributed by atoms with Crippen LogP contribution in [-0.2, 0) is 27.1 Å². The number of benzene rings is 3. The average molecular weight is 428 g/mol. The number of para-hydroxylation sites is 2. The predicted molar refractivity (Wildman–Crippen MR) is 109 cm³/mol. The molecule has 4 aromatic rings. The summed E-state index contributed by atoms with van der Waals surface area (Å²) >= 11 is 0. The van der Waals surface area contributed by atoms with Crippen LogP contribution in [0, 0.1) is 0 Å². The maximum Gasteiger partial charge on any atom is 0.285 e. The summed E-state index contributed by atoms with van der Waals surface area (Å²) < 4.78 is 58.8. The van der Waals surface area contributed by atoms with Crippen LogP contribution in [0.2, 0.25) is 0 Å². The molecule has 3 aromatic carbocycles. The van der Waals surface area contributed by atoms with E-state index >= 15 is 0 Å². The third-order valence-corrected chi connectivity index (χ3v) is 7.45. The van der Waals surface area contributed by atoms with Gasteiger partial charge in [0.05, 0.1) is 20.8 Å². The number of fused-ring (bicyclic) bond motifs is 1. The van der Waals surface area contributed by atoms with E-state index in [2.05, 4.69) is 4.40 Å². The number of sulfonamides is 1. The summed E-state index contributed by atoms with van der Waals surface area (Å²) in [6.07, 6.45) is 0. The van der Waals surface area contributed by atoms with E-state index in [1.165, 1.54) is 28.8 Å².